The number of rotatable bonds is 62. The fourth-order valence-corrected chi connectivity index (χ4v) is 11.3. The Hall–Kier alpha value is -2.38. The quantitative estimate of drug-likeness (QED) is 0.0195. The monoisotopic (exact) mass is 1190 g/mol. The first-order valence-corrected chi connectivity index (χ1v) is 35.9. The fraction of sp³-hybridized carbons (Fsp3) is 0.863. The molecular formula is C73H135NO10. The van der Waals surface area contributed by atoms with Gasteiger partial charge in [-0.1, -0.05) is 320 Å². The second-order valence-electron chi connectivity index (χ2n) is 25.0. The van der Waals surface area contributed by atoms with Crippen LogP contribution in [0.15, 0.2) is 48.6 Å². The van der Waals surface area contributed by atoms with Crippen LogP contribution in [0.4, 0.5) is 0 Å². The third-order valence-electron chi connectivity index (χ3n) is 17.0. The van der Waals surface area contributed by atoms with Crippen molar-refractivity contribution >= 4 is 11.9 Å². The molecule has 0 saturated carbocycles. The van der Waals surface area contributed by atoms with E-state index in [-0.39, 0.29) is 13.0 Å². The summed E-state index contributed by atoms with van der Waals surface area (Å²) in [6, 6.07) is -1.03. The number of carbonyl (C=O) groups excluding carboxylic acids is 2. The van der Waals surface area contributed by atoms with E-state index in [0.717, 1.165) is 89.9 Å². The molecule has 0 aromatic rings. The topological polar surface area (TPSA) is 175 Å². The standard InChI is InChI=1S/C73H135NO10/c1-4-7-10-13-16-19-22-25-27-29-31-32-33-34-35-37-38-40-42-45-48-51-54-57-60-66(77)72(81)74-64(65(76)59-56-53-50-47-44-24-21-18-15-12-9-6-3)63-82-73-71(70(80)69(79)67(62-75)83-73)84-68(78)61-58-55-52-49-46-43-41-39-36-30-28-26-23-20-17-14-11-8-5-2/h17,20,26,28,36,39,56,59,64-67,69-71,73,75-77,79-80H,4-16,18-19,21-25,27,29-35,37-38,40-55,57-58,60-63H2,1-3H3,(H,74,81)/b20-17-,28-26-,39-36-,59-56+. The normalized spacial score (nSPS) is 18.7. The van der Waals surface area contributed by atoms with E-state index in [2.05, 4.69) is 62.5 Å². The number of nitrogens with one attached hydrogen (secondary N) is 1. The maximum Gasteiger partial charge on any atom is 0.306 e. The summed E-state index contributed by atoms with van der Waals surface area (Å²) >= 11 is 0. The number of aliphatic hydroxyl groups is 5. The van der Waals surface area contributed by atoms with Gasteiger partial charge in [-0.15, -0.1) is 0 Å². The zero-order valence-corrected chi connectivity index (χ0v) is 54.8. The fourth-order valence-electron chi connectivity index (χ4n) is 11.3. The van der Waals surface area contributed by atoms with Crippen LogP contribution in [-0.4, -0.2) is 99.6 Å². The van der Waals surface area contributed by atoms with Crippen molar-refractivity contribution in [2.45, 2.75) is 391 Å². The molecule has 0 aromatic heterocycles. The lowest BCUT2D eigenvalue weighted by atomic mass is 9.99. The predicted octanol–water partition coefficient (Wildman–Crippen LogP) is 18.3. The van der Waals surface area contributed by atoms with E-state index >= 15 is 0 Å². The van der Waals surface area contributed by atoms with Gasteiger partial charge in [0.15, 0.2) is 12.4 Å². The van der Waals surface area contributed by atoms with Gasteiger partial charge in [0, 0.05) is 6.42 Å². The number of hydrogen-bond donors (Lipinski definition) is 6. The van der Waals surface area contributed by atoms with Gasteiger partial charge < -0.3 is 45.1 Å². The molecule has 0 radical (unpaired) electrons. The van der Waals surface area contributed by atoms with E-state index in [1.165, 1.54) is 205 Å². The van der Waals surface area contributed by atoms with E-state index < -0.39 is 67.4 Å². The number of amides is 1. The third-order valence-corrected chi connectivity index (χ3v) is 17.0. The van der Waals surface area contributed by atoms with Crippen molar-refractivity contribution < 1.29 is 49.3 Å². The molecule has 8 unspecified atom stereocenters. The number of ether oxygens (including phenoxy) is 3. The highest BCUT2D eigenvalue weighted by molar-refractivity contribution is 5.80. The van der Waals surface area contributed by atoms with Gasteiger partial charge in [-0.3, -0.25) is 9.59 Å². The molecule has 1 heterocycles. The highest BCUT2D eigenvalue weighted by Gasteiger charge is 2.47. The SMILES string of the molecule is CCCCC/C=C\C/C=C\C/C=C\CCCCCCCCC(=O)OC1C(OCC(NC(=O)C(O)CCCCCCCCCCCCCCCCCCCCCCCCCC)C(O)/C=C/CCCCCCCCCCCC)OC(CO)C(O)C1O. The minimum absolute atomic E-state index is 0.110. The number of hydrogen-bond acceptors (Lipinski definition) is 10. The number of esters is 1. The first kappa shape index (κ1) is 79.6. The van der Waals surface area contributed by atoms with Gasteiger partial charge in [0.1, 0.15) is 24.4 Å². The molecule has 11 nitrogen and oxygen atoms in total. The zero-order chi connectivity index (χ0) is 61.0. The molecule has 0 bridgehead atoms. The number of allylic oxidation sites excluding steroid dienone is 7. The first-order valence-electron chi connectivity index (χ1n) is 35.9. The molecule has 1 aliphatic rings. The summed E-state index contributed by atoms with van der Waals surface area (Å²) in [4.78, 5) is 26.7. The summed E-state index contributed by atoms with van der Waals surface area (Å²) < 4.78 is 17.7. The molecule has 0 aromatic carbocycles. The predicted molar refractivity (Wildman–Crippen MR) is 352 cm³/mol. The molecule has 1 rings (SSSR count). The van der Waals surface area contributed by atoms with Gasteiger partial charge in [0.25, 0.3) is 0 Å². The van der Waals surface area contributed by atoms with Crippen molar-refractivity contribution in [1.82, 2.24) is 5.32 Å². The minimum Gasteiger partial charge on any atom is -0.454 e. The van der Waals surface area contributed by atoms with E-state index in [1.807, 2.05) is 6.08 Å². The van der Waals surface area contributed by atoms with Crippen LogP contribution in [-0.2, 0) is 23.8 Å². The van der Waals surface area contributed by atoms with Crippen molar-refractivity contribution in [2.75, 3.05) is 13.2 Å². The molecule has 1 saturated heterocycles. The van der Waals surface area contributed by atoms with E-state index in [9.17, 15) is 35.1 Å². The van der Waals surface area contributed by atoms with Gasteiger partial charge in [0.2, 0.25) is 5.91 Å². The van der Waals surface area contributed by atoms with E-state index in [4.69, 9.17) is 14.2 Å². The smallest absolute Gasteiger partial charge is 0.306 e. The van der Waals surface area contributed by atoms with Crippen LogP contribution in [0.3, 0.4) is 0 Å². The average molecular weight is 1190 g/mol. The van der Waals surface area contributed by atoms with Crippen molar-refractivity contribution in [2.24, 2.45) is 0 Å². The summed E-state index contributed by atoms with van der Waals surface area (Å²) in [6.07, 6.45) is 65.8. The van der Waals surface area contributed by atoms with Crippen LogP contribution in [0.25, 0.3) is 0 Å². The summed E-state index contributed by atoms with van der Waals surface area (Å²) in [7, 11) is 0. The van der Waals surface area contributed by atoms with Crippen LogP contribution in [0.5, 0.6) is 0 Å². The van der Waals surface area contributed by atoms with Gasteiger partial charge in [-0.05, 0) is 64.2 Å². The molecular weight excluding hydrogens is 1050 g/mol. The maximum atomic E-state index is 13.5. The van der Waals surface area contributed by atoms with Gasteiger partial charge in [-0.2, -0.15) is 0 Å². The Morgan fingerprint density at radius 1 is 0.464 bits per heavy atom. The highest BCUT2D eigenvalue weighted by atomic mass is 16.7. The largest absolute Gasteiger partial charge is 0.454 e. The number of carbonyl (C=O) groups is 2. The van der Waals surface area contributed by atoms with E-state index in [0.29, 0.717) is 19.3 Å². The minimum atomic E-state index is -1.62. The van der Waals surface area contributed by atoms with Crippen LogP contribution in [0.2, 0.25) is 0 Å². The molecule has 84 heavy (non-hydrogen) atoms. The molecule has 8 atom stereocenters. The maximum absolute atomic E-state index is 13.5. The van der Waals surface area contributed by atoms with Gasteiger partial charge in [0.05, 0.1) is 25.4 Å². The van der Waals surface area contributed by atoms with E-state index in [1.54, 1.807) is 6.08 Å². The Morgan fingerprint density at radius 3 is 1.25 bits per heavy atom. The summed E-state index contributed by atoms with van der Waals surface area (Å²) in [5, 5.41) is 57.2. The lowest BCUT2D eigenvalue weighted by Gasteiger charge is -2.41. The van der Waals surface area contributed by atoms with Gasteiger partial charge >= 0.3 is 5.97 Å². The Balaban J connectivity index is 2.57. The Labute approximate surface area is 516 Å². The second-order valence-corrected chi connectivity index (χ2v) is 25.0. The lowest BCUT2D eigenvalue weighted by molar-refractivity contribution is -0.305. The molecule has 1 aliphatic heterocycles. The van der Waals surface area contributed by atoms with Crippen LogP contribution in [0.1, 0.15) is 342 Å². The Bertz CT molecular complexity index is 1550. The number of aliphatic hydroxyl groups excluding tert-OH is 5. The Morgan fingerprint density at radius 2 is 0.821 bits per heavy atom. The van der Waals surface area contributed by atoms with Crippen molar-refractivity contribution in [1.29, 1.82) is 0 Å². The van der Waals surface area contributed by atoms with Crippen LogP contribution in [0, 0.1) is 0 Å². The molecule has 1 amide bonds. The third kappa shape index (κ3) is 47.7. The summed E-state index contributed by atoms with van der Waals surface area (Å²) in [5.74, 6) is -1.19. The van der Waals surface area contributed by atoms with Crippen molar-refractivity contribution in [3.05, 3.63) is 48.6 Å². The molecule has 0 aliphatic carbocycles. The second kappa shape index (κ2) is 60.9. The van der Waals surface area contributed by atoms with Crippen molar-refractivity contribution in [3.8, 4) is 0 Å². The lowest BCUT2D eigenvalue weighted by Crippen LogP contribution is -2.61. The van der Waals surface area contributed by atoms with Crippen LogP contribution < -0.4 is 5.32 Å². The average Bonchev–Trinajstić information content (AvgIpc) is 3.69. The summed E-state index contributed by atoms with van der Waals surface area (Å²) in [5.41, 5.74) is 0. The van der Waals surface area contributed by atoms with Gasteiger partial charge in [-0.25, -0.2) is 0 Å². The van der Waals surface area contributed by atoms with Crippen molar-refractivity contribution in [3.63, 3.8) is 0 Å². The molecule has 11 heteroatoms. The summed E-state index contributed by atoms with van der Waals surface area (Å²) in [6.45, 7) is 5.80. The molecule has 492 valence electrons. The highest BCUT2D eigenvalue weighted by Crippen LogP contribution is 2.26. The number of unbranched alkanes of at least 4 members (excludes halogenated alkanes) is 42. The molecule has 6 N–H and O–H groups in total. The first-order chi connectivity index (χ1) is 41.2. The zero-order valence-electron chi connectivity index (χ0n) is 54.8. The van der Waals surface area contributed by atoms with Crippen LogP contribution >= 0.6 is 0 Å². The Kier molecular flexibility index (Phi) is 57.7. The molecule has 0 spiro atoms. The molecule has 1 fully saturated rings.